The van der Waals surface area contributed by atoms with Gasteiger partial charge >= 0.3 is 5.97 Å². The molecule has 5 nitrogen and oxygen atoms in total. The summed E-state index contributed by atoms with van der Waals surface area (Å²) in [5, 5.41) is 1.83. The molecule has 1 aromatic carbocycles. The number of ether oxygens (including phenoxy) is 1. The van der Waals surface area contributed by atoms with Gasteiger partial charge in [0.2, 0.25) is 10.0 Å². The molecule has 118 valence electrons. The highest BCUT2D eigenvalue weighted by molar-refractivity contribution is 9.10. The summed E-state index contributed by atoms with van der Waals surface area (Å²) in [7, 11) is -2.47. The first-order valence-corrected chi connectivity index (χ1v) is 9.46. The number of benzene rings is 1. The molecule has 1 heterocycles. The molecule has 8 heteroatoms. The van der Waals surface area contributed by atoms with Crippen molar-refractivity contribution >= 4 is 43.3 Å². The van der Waals surface area contributed by atoms with Crippen LogP contribution < -0.4 is 4.72 Å². The summed E-state index contributed by atoms with van der Waals surface area (Å²) in [6.45, 7) is 0. The Kier molecular flexibility index (Phi) is 5.74. The first kappa shape index (κ1) is 17.1. The van der Waals surface area contributed by atoms with Gasteiger partial charge in [0.05, 0.1) is 24.5 Å². The van der Waals surface area contributed by atoms with Gasteiger partial charge in [-0.2, -0.15) is 0 Å². The van der Waals surface area contributed by atoms with Crippen LogP contribution >= 0.6 is 27.3 Å². The molecule has 2 aromatic rings. The van der Waals surface area contributed by atoms with Crippen LogP contribution in [0.1, 0.15) is 17.3 Å². The van der Waals surface area contributed by atoms with Crippen LogP contribution in [0.15, 0.2) is 51.1 Å². The maximum absolute atomic E-state index is 12.5. The number of esters is 1. The summed E-state index contributed by atoms with van der Waals surface area (Å²) in [6, 6.07) is 9.31. The number of halogens is 1. The van der Waals surface area contributed by atoms with Crippen molar-refractivity contribution in [3.8, 4) is 0 Å². The first-order chi connectivity index (χ1) is 10.4. The minimum Gasteiger partial charge on any atom is -0.469 e. The number of hydrogen-bond acceptors (Lipinski definition) is 5. The van der Waals surface area contributed by atoms with Gasteiger partial charge in [0.25, 0.3) is 0 Å². The van der Waals surface area contributed by atoms with Gasteiger partial charge in [-0.1, -0.05) is 28.1 Å². The van der Waals surface area contributed by atoms with Crippen molar-refractivity contribution < 1.29 is 17.9 Å². The molecule has 1 unspecified atom stereocenters. The van der Waals surface area contributed by atoms with Crippen LogP contribution in [0, 0.1) is 0 Å². The Morgan fingerprint density at radius 3 is 2.73 bits per heavy atom. The van der Waals surface area contributed by atoms with Gasteiger partial charge in [-0.25, -0.2) is 13.1 Å². The molecule has 1 aromatic heterocycles. The van der Waals surface area contributed by atoms with Crippen LogP contribution in [0.3, 0.4) is 0 Å². The van der Waals surface area contributed by atoms with Gasteiger partial charge in [0.1, 0.15) is 0 Å². The second-order valence-corrected chi connectivity index (χ2v) is 8.04. The van der Waals surface area contributed by atoms with E-state index in [0.717, 1.165) is 4.88 Å². The molecule has 0 amide bonds. The lowest BCUT2D eigenvalue weighted by Crippen LogP contribution is -2.30. The molecular formula is C14H14BrNO4S2. The van der Waals surface area contributed by atoms with Gasteiger partial charge in [-0.05, 0) is 29.6 Å². The number of nitrogens with one attached hydrogen (secondary N) is 1. The van der Waals surface area contributed by atoms with Gasteiger partial charge in [0.15, 0.2) is 0 Å². The van der Waals surface area contributed by atoms with Crippen LogP contribution in [-0.4, -0.2) is 21.5 Å². The zero-order valence-electron chi connectivity index (χ0n) is 11.7. The molecule has 0 saturated carbocycles. The smallest absolute Gasteiger partial charge is 0.307 e. The Hall–Kier alpha value is -1.22. The largest absolute Gasteiger partial charge is 0.469 e. The van der Waals surface area contributed by atoms with Crippen molar-refractivity contribution in [1.29, 1.82) is 0 Å². The molecule has 0 radical (unpaired) electrons. The third-order valence-electron chi connectivity index (χ3n) is 2.89. The van der Waals surface area contributed by atoms with Crippen LogP contribution in [0.4, 0.5) is 0 Å². The molecule has 22 heavy (non-hydrogen) atoms. The van der Waals surface area contributed by atoms with E-state index in [4.69, 9.17) is 0 Å². The summed E-state index contributed by atoms with van der Waals surface area (Å²) in [5.41, 5.74) is 0. The van der Waals surface area contributed by atoms with E-state index in [1.807, 2.05) is 5.38 Å². The molecule has 0 aliphatic carbocycles. The molecule has 1 atom stereocenters. The highest BCUT2D eigenvalue weighted by atomic mass is 79.9. The summed E-state index contributed by atoms with van der Waals surface area (Å²) in [6.07, 6.45) is -0.0652. The van der Waals surface area contributed by atoms with Gasteiger partial charge in [0, 0.05) is 9.35 Å². The molecule has 0 fully saturated rings. The highest BCUT2D eigenvalue weighted by Crippen LogP contribution is 2.25. The molecule has 1 N–H and O–H groups in total. The van der Waals surface area contributed by atoms with Gasteiger partial charge < -0.3 is 4.74 Å². The normalized spacial score (nSPS) is 12.8. The van der Waals surface area contributed by atoms with Crippen LogP contribution in [0.5, 0.6) is 0 Å². The summed E-state index contributed by atoms with van der Waals surface area (Å²) >= 11 is 4.63. The first-order valence-electron chi connectivity index (χ1n) is 6.30. The molecule has 0 aliphatic rings. The lowest BCUT2D eigenvalue weighted by atomic mass is 10.2. The zero-order chi connectivity index (χ0) is 16.2. The molecule has 2 rings (SSSR count). The Balaban J connectivity index is 2.28. The number of rotatable bonds is 6. The minimum atomic E-state index is -3.74. The second kappa shape index (κ2) is 7.36. The quantitative estimate of drug-likeness (QED) is 0.752. The zero-order valence-corrected chi connectivity index (χ0v) is 14.9. The number of thiophene rings is 1. The summed E-state index contributed by atoms with van der Waals surface area (Å²) in [4.78, 5) is 12.4. The number of hydrogen-bond donors (Lipinski definition) is 1. The third-order valence-corrected chi connectivity index (χ3v) is 5.84. The van der Waals surface area contributed by atoms with E-state index in [-0.39, 0.29) is 11.3 Å². The minimum absolute atomic E-state index is 0.0652. The van der Waals surface area contributed by atoms with Crippen LogP contribution in [0.25, 0.3) is 0 Å². The monoisotopic (exact) mass is 403 g/mol. The fourth-order valence-electron chi connectivity index (χ4n) is 1.83. The highest BCUT2D eigenvalue weighted by Gasteiger charge is 2.24. The number of carbonyl (C=O) groups is 1. The Morgan fingerprint density at radius 2 is 2.14 bits per heavy atom. The number of methoxy groups -OCH3 is 1. The Labute approximate surface area is 141 Å². The number of carbonyl (C=O) groups excluding carboxylic acids is 1. The summed E-state index contributed by atoms with van der Waals surface area (Å²) in [5.74, 6) is -0.477. The van der Waals surface area contributed by atoms with Gasteiger partial charge in [-0.3, -0.25) is 4.79 Å². The molecule has 0 saturated heterocycles. The topological polar surface area (TPSA) is 72.5 Å². The van der Waals surface area contributed by atoms with Crippen molar-refractivity contribution in [2.45, 2.75) is 17.4 Å². The van der Waals surface area contributed by atoms with E-state index >= 15 is 0 Å². The summed E-state index contributed by atoms with van der Waals surface area (Å²) < 4.78 is 32.8. The predicted octanol–water partition coefficient (Wildman–Crippen LogP) is 3.09. The number of sulfonamides is 1. The SMILES string of the molecule is COC(=O)CC(NS(=O)(=O)c1cccc(Br)c1)c1cccs1. The second-order valence-electron chi connectivity index (χ2n) is 4.43. The van der Waals surface area contributed by atoms with Crippen molar-refractivity contribution in [2.24, 2.45) is 0 Å². The average Bonchev–Trinajstić information content (AvgIpc) is 3.00. The van der Waals surface area contributed by atoms with Gasteiger partial charge in [-0.15, -0.1) is 11.3 Å². The fraction of sp³-hybridized carbons (Fsp3) is 0.214. The molecule has 0 spiro atoms. The van der Waals surface area contributed by atoms with E-state index in [0.29, 0.717) is 4.47 Å². The van der Waals surface area contributed by atoms with Crippen molar-refractivity contribution in [3.63, 3.8) is 0 Å². The fourth-order valence-corrected chi connectivity index (χ4v) is 4.49. The third kappa shape index (κ3) is 4.39. The average molecular weight is 404 g/mol. The standard InChI is InChI=1S/C14H14BrNO4S2/c1-20-14(17)9-12(13-6-3-7-21-13)16-22(18,19)11-5-2-4-10(15)8-11/h2-8,12,16H,9H2,1H3. The van der Waals surface area contributed by atoms with E-state index < -0.39 is 22.0 Å². The van der Waals surface area contributed by atoms with E-state index in [9.17, 15) is 13.2 Å². The Morgan fingerprint density at radius 1 is 1.36 bits per heavy atom. The maximum atomic E-state index is 12.5. The molecule has 0 bridgehead atoms. The molecular weight excluding hydrogens is 390 g/mol. The lowest BCUT2D eigenvalue weighted by Gasteiger charge is -2.16. The maximum Gasteiger partial charge on any atom is 0.307 e. The Bertz CT molecular complexity index is 744. The lowest BCUT2D eigenvalue weighted by molar-refractivity contribution is -0.141. The molecule has 0 aliphatic heterocycles. The predicted molar refractivity (Wildman–Crippen MR) is 88.2 cm³/mol. The van der Waals surface area contributed by atoms with E-state index in [1.165, 1.54) is 30.6 Å². The van der Waals surface area contributed by atoms with Crippen molar-refractivity contribution in [2.75, 3.05) is 7.11 Å². The van der Waals surface area contributed by atoms with Crippen molar-refractivity contribution in [3.05, 3.63) is 51.1 Å². The van der Waals surface area contributed by atoms with E-state index in [1.54, 1.807) is 24.3 Å². The van der Waals surface area contributed by atoms with Crippen molar-refractivity contribution in [1.82, 2.24) is 4.72 Å². The van der Waals surface area contributed by atoms with Crippen LogP contribution in [-0.2, 0) is 19.6 Å². The van der Waals surface area contributed by atoms with Crippen LogP contribution in [0.2, 0.25) is 0 Å². The van der Waals surface area contributed by atoms with E-state index in [2.05, 4.69) is 25.4 Å².